The Morgan fingerprint density at radius 3 is 2.91 bits per heavy atom. The second-order valence-corrected chi connectivity index (χ2v) is 8.61. The van der Waals surface area contributed by atoms with Gasteiger partial charge in [0.25, 0.3) is 11.8 Å². The summed E-state index contributed by atoms with van der Waals surface area (Å²) in [7, 11) is 0. The molecule has 168 valence electrons. The molecule has 3 aromatic rings. The number of rotatable bonds is 9. The van der Waals surface area contributed by atoms with Gasteiger partial charge in [-0.15, -0.1) is 11.3 Å². The van der Waals surface area contributed by atoms with Crippen LogP contribution < -0.4 is 10.6 Å². The van der Waals surface area contributed by atoms with E-state index in [0.29, 0.717) is 41.6 Å². The minimum Gasteiger partial charge on any atom is -0.507 e. The van der Waals surface area contributed by atoms with Crippen molar-refractivity contribution in [3.63, 3.8) is 0 Å². The Morgan fingerprint density at radius 1 is 1.25 bits per heavy atom. The molecule has 9 heteroatoms. The van der Waals surface area contributed by atoms with Crippen LogP contribution in [-0.4, -0.2) is 46.9 Å². The SMILES string of the molecule is CCOCCCNC(=O)c1c(NC(=O)c2cc(-c3ccccc3O)n[nH]2)sc2c1CCC2. The van der Waals surface area contributed by atoms with Gasteiger partial charge in [-0.3, -0.25) is 14.7 Å². The molecule has 0 spiro atoms. The average Bonchev–Trinajstić information content (AvgIpc) is 3.50. The smallest absolute Gasteiger partial charge is 0.274 e. The Balaban J connectivity index is 1.49. The first-order valence-corrected chi connectivity index (χ1v) is 11.6. The van der Waals surface area contributed by atoms with Crippen LogP contribution in [0.1, 0.15) is 51.1 Å². The van der Waals surface area contributed by atoms with E-state index in [1.54, 1.807) is 30.3 Å². The van der Waals surface area contributed by atoms with Gasteiger partial charge in [0.05, 0.1) is 11.3 Å². The van der Waals surface area contributed by atoms with Crippen LogP contribution >= 0.6 is 11.3 Å². The fourth-order valence-corrected chi connectivity index (χ4v) is 5.06. The van der Waals surface area contributed by atoms with Gasteiger partial charge in [-0.25, -0.2) is 0 Å². The standard InChI is InChI=1S/C23H26N4O4S/c1-2-31-12-6-11-24-22(30)20-15-8-5-10-19(15)32-23(20)25-21(29)17-13-16(26-27-17)14-7-3-4-9-18(14)28/h3-4,7,9,13,28H,2,5-6,8,10-12H2,1H3,(H,24,30)(H,25,29)(H,26,27). The zero-order valence-corrected chi connectivity index (χ0v) is 18.7. The molecular formula is C23H26N4O4S. The number of phenolic OH excluding ortho intramolecular Hbond substituents is 1. The summed E-state index contributed by atoms with van der Waals surface area (Å²) in [5.74, 6) is -0.468. The predicted octanol–water partition coefficient (Wildman–Crippen LogP) is 3.74. The molecule has 0 unspecified atom stereocenters. The van der Waals surface area contributed by atoms with Crippen molar-refractivity contribution in [1.29, 1.82) is 0 Å². The third kappa shape index (κ3) is 4.68. The van der Waals surface area contributed by atoms with Crippen molar-refractivity contribution in [2.75, 3.05) is 25.1 Å². The number of H-pyrrole nitrogens is 1. The maximum Gasteiger partial charge on any atom is 0.274 e. The van der Waals surface area contributed by atoms with Gasteiger partial charge in [-0.1, -0.05) is 12.1 Å². The van der Waals surface area contributed by atoms with Crippen molar-refractivity contribution in [3.05, 3.63) is 52.0 Å². The van der Waals surface area contributed by atoms with E-state index in [1.165, 1.54) is 11.3 Å². The number of thiophene rings is 1. The number of aryl methyl sites for hydroxylation is 1. The number of nitrogens with zero attached hydrogens (tertiary/aromatic N) is 1. The summed E-state index contributed by atoms with van der Waals surface area (Å²) in [5, 5.41) is 23.3. The second-order valence-electron chi connectivity index (χ2n) is 7.51. The van der Waals surface area contributed by atoms with Gasteiger partial charge >= 0.3 is 0 Å². The van der Waals surface area contributed by atoms with E-state index in [1.807, 2.05) is 6.92 Å². The number of aromatic hydroxyl groups is 1. The van der Waals surface area contributed by atoms with Crippen LogP contribution in [-0.2, 0) is 17.6 Å². The fourth-order valence-electron chi connectivity index (χ4n) is 3.78. The lowest BCUT2D eigenvalue weighted by Gasteiger charge is -2.09. The molecule has 0 aliphatic heterocycles. The molecule has 0 radical (unpaired) electrons. The number of anilines is 1. The molecule has 32 heavy (non-hydrogen) atoms. The number of nitrogens with one attached hydrogen (secondary N) is 3. The number of carbonyl (C=O) groups is 2. The highest BCUT2D eigenvalue weighted by molar-refractivity contribution is 7.17. The third-order valence-corrected chi connectivity index (χ3v) is 6.54. The number of aromatic nitrogens is 2. The molecule has 1 aliphatic rings. The van der Waals surface area contributed by atoms with Crippen molar-refractivity contribution in [2.45, 2.75) is 32.6 Å². The van der Waals surface area contributed by atoms with Crippen molar-refractivity contribution in [2.24, 2.45) is 0 Å². The highest BCUT2D eigenvalue weighted by atomic mass is 32.1. The number of carbonyl (C=O) groups excluding carboxylic acids is 2. The van der Waals surface area contributed by atoms with E-state index in [2.05, 4.69) is 20.8 Å². The van der Waals surface area contributed by atoms with Crippen LogP contribution in [0.15, 0.2) is 30.3 Å². The summed E-state index contributed by atoms with van der Waals surface area (Å²) in [4.78, 5) is 27.0. The first kappa shape index (κ1) is 22.0. The molecular weight excluding hydrogens is 428 g/mol. The largest absolute Gasteiger partial charge is 0.507 e. The van der Waals surface area contributed by atoms with Crippen LogP contribution in [0.5, 0.6) is 5.75 Å². The van der Waals surface area contributed by atoms with Gasteiger partial charge in [0.15, 0.2) is 0 Å². The number of para-hydroxylation sites is 1. The quantitative estimate of drug-likeness (QED) is 0.368. The van der Waals surface area contributed by atoms with Gasteiger partial charge in [-0.05, 0) is 56.4 Å². The summed E-state index contributed by atoms with van der Waals surface area (Å²) < 4.78 is 5.32. The van der Waals surface area contributed by atoms with Crippen LogP contribution in [0.2, 0.25) is 0 Å². The molecule has 0 atom stereocenters. The van der Waals surface area contributed by atoms with Gasteiger partial charge in [0.2, 0.25) is 0 Å². The van der Waals surface area contributed by atoms with Gasteiger partial charge in [0.1, 0.15) is 16.4 Å². The minimum atomic E-state index is -0.385. The minimum absolute atomic E-state index is 0.0870. The molecule has 1 aromatic carbocycles. The summed E-state index contributed by atoms with van der Waals surface area (Å²) in [6.45, 7) is 3.71. The zero-order valence-electron chi connectivity index (χ0n) is 17.9. The van der Waals surface area contributed by atoms with Gasteiger partial charge in [-0.2, -0.15) is 5.10 Å². The zero-order chi connectivity index (χ0) is 22.5. The lowest BCUT2D eigenvalue weighted by Crippen LogP contribution is -2.27. The van der Waals surface area contributed by atoms with Crippen molar-refractivity contribution < 1.29 is 19.4 Å². The van der Waals surface area contributed by atoms with E-state index >= 15 is 0 Å². The predicted molar refractivity (Wildman–Crippen MR) is 123 cm³/mol. The number of aromatic amines is 1. The van der Waals surface area contributed by atoms with E-state index in [-0.39, 0.29) is 23.3 Å². The highest BCUT2D eigenvalue weighted by Gasteiger charge is 2.28. The van der Waals surface area contributed by atoms with Crippen molar-refractivity contribution >= 4 is 28.2 Å². The molecule has 0 saturated heterocycles. The Kier molecular flexibility index (Phi) is 6.87. The molecule has 2 amide bonds. The van der Waals surface area contributed by atoms with Crippen LogP contribution in [0, 0.1) is 0 Å². The van der Waals surface area contributed by atoms with Crippen LogP contribution in [0.3, 0.4) is 0 Å². The van der Waals surface area contributed by atoms with Crippen molar-refractivity contribution in [3.8, 4) is 17.0 Å². The first-order valence-electron chi connectivity index (χ1n) is 10.7. The molecule has 2 heterocycles. The lowest BCUT2D eigenvalue weighted by atomic mass is 10.1. The Hall–Kier alpha value is -3.17. The number of hydrogen-bond donors (Lipinski definition) is 4. The maximum absolute atomic E-state index is 12.9. The topological polar surface area (TPSA) is 116 Å². The van der Waals surface area contributed by atoms with E-state index in [0.717, 1.165) is 36.1 Å². The Labute approximate surface area is 190 Å². The van der Waals surface area contributed by atoms with Crippen LogP contribution in [0.25, 0.3) is 11.3 Å². The lowest BCUT2D eigenvalue weighted by molar-refractivity contribution is 0.0944. The maximum atomic E-state index is 12.9. The first-order chi connectivity index (χ1) is 15.6. The van der Waals surface area contributed by atoms with E-state index in [4.69, 9.17) is 4.74 Å². The molecule has 2 aromatic heterocycles. The summed E-state index contributed by atoms with van der Waals surface area (Å²) in [5.41, 5.74) is 2.85. The third-order valence-electron chi connectivity index (χ3n) is 5.33. The number of benzene rings is 1. The molecule has 8 nitrogen and oxygen atoms in total. The molecule has 0 saturated carbocycles. The fraction of sp³-hybridized carbons (Fsp3) is 0.348. The summed E-state index contributed by atoms with van der Waals surface area (Å²) in [6, 6.07) is 8.38. The normalized spacial score (nSPS) is 12.5. The Bertz CT molecular complexity index is 1120. The van der Waals surface area contributed by atoms with E-state index < -0.39 is 0 Å². The Morgan fingerprint density at radius 2 is 2.09 bits per heavy atom. The molecule has 4 rings (SSSR count). The summed E-state index contributed by atoms with van der Waals surface area (Å²) in [6.07, 6.45) is 3.51. The average molecular weight is 455 g/mol. The molecule has 1 aliphatic carbocycles. The number of fused-ring (bicyclic) bond motifs is 1. The van der Waals surface area contributed by atoms with E-state index in [9.17, 15) is 14.7 Å². The van der Waals surface area contributed by atoms with Crippen molar-refractivity contribution in [1.82, 2.24) is 15.5 Å². The monoisotopic (exact) mass is 454 g/mol. The van der Waals surface area contributed by atoms with Crippen LogP contribution in [0.4, 0.5) is 5.00 Å². The number of phenols is 1. The molecule has 0 fully saturated rings. The number of amides is 2. The molecule has 4 N–H and O–H groups in total. The summed E-state index contributed by atoms with van der Waals surface area (Å²) >= 11 is 1.46. The highest BCUT2D eigenvalue weighted by Crippen LogP contribution is 2.39. The number of ether oxygens (including phenoxy) is 1. The van der Waals surface area contributed by atoms with Gasteiger partial charge in [0, 0.05) is 30.2 Å². The number of hydrogen-bond acceptors (Lipinski definition) is 6. The van der Waals surface area contributed by atoms with Gasteiger partial charge < -0.3 is 20.5 Å². The molecule has 0 bridgehead atoms. The second kappa shape index (κ2) is 9.97.